The zero-order valence-corrected chi connectivity index (χ0v) is 12.1. The van der Waals surface area contributed by atoms with Crippen molar-refractivity contribution in [3.05, 3.63) is 29.8 Å². The molecule has 0 atom stereocenters. The van der Waals surface area contributed by atoms with Crippen LogP contribution in [0.5, 0.6) is 0 Å². The summed E-state index contributed by atoms with van der Waals surface area (Å²) >= 11 is 0. The van der Waals surface area contributed by atoms with Gasteiger partial charge in [-0.25, -0.2) is 0 Å². The van der Waals surface area contributed by atoms with Gasteiger partial charge in [-0.15, -0.1) is 0 Å². The van der Waals surface area contributed by atoms with Crippen LogP contribution in [0, 0.1) is 6.92 Å². The molecular weight excluding hydrogens is 254 g/mol. The molecule has 0 spiro atoms. The number of amides is 2. The molecule has 2 amide bonds. The molecule has 0 aromatic heterocycles. The van der Waals surface area contributed by atoms with Crippen molar-refractivity contribution in [1.82, 2.24) is 9.80 Å². The first-order chi connectivity index (χ1) is 9.56. The Balaban J connectivity index is 1.81. The van der Waals surface area contributed by atoms with Gasteiger partial charge in [0.15, 0.2) is 0 Å². The van der Waals surface area contributed by atoms with E-state index in [-0.39, 0.29) is 11.8 Å². The lowest BCUT2D eigenvalue weighted by atomic mass is 10.2. The molecule has 5 heteroatoms. The number of benzene rings is 1. The highest BCUT2D eigenvalue weighted by Gasteiger charge is 2.20. The number of carbonyl (C=O) groups is 2. The molecule has 0 bridgehead atoms. The lowest BCUT2D eigenvalue weighted by molar-refractivity contribution is -0.130. The van der Waals surface area contributed by atoms with Gasteiger partial charge in [0.05, 0.1) is 6.54 Å². The normalized spacial score (nSPS) is 16.0. The Kier molecular flexibility index (Phi) is 4.74. The second-order valence-corrected chi connectivity index (χ2v) is 5.15. The zero-order chi connectivity index (χ0) is 14.5. The van der Waals surface area contributed by atoms with E-state index in [0.717, 1.165) is 24.3 Å². The average Bonchev–Trinajstić information content (AvgIpc) is 2.42. The summed E-state index contributed by atoms with van der Waals surface area (Å²) in [5.41, 5.74) is 1.92. The molecular formula is C15H21N3O2. The van der Waals surface area contributed by atoms with Gasteiger partial charge in [-0.3, -0.25) is 14.5 Å². The molecule has 1 aliphatic heterocycles. The van der Waals surface area contributed by atoms with Crippen LogP contribution in [0.2, 0.25) is 0 Å². The molecule has 0 saturated carbocycles. The Morgan fingerprint density at radius 3 is 2.40 bits per heavy atom. The van der Waals surface area contributed by atoms with E-state index in [4.69, 9.17) is 0 Å². The molecule has 2 rings (SSSR count). The second kappa shape index (κ2) is 6.52. The summed E-state index contributed by atoms with van der Waals surface area (Å²) in [4.78, 5) is 27.1. The monoisotopic (exact) mass is 275 g/mol. The zero-order valence-electron chi connectivity index (χ0n) is 12.1. The van der Waals surface area contributed by atoms with E-state index in [2.05, 4.69) is 10.2 Å². The van der Waals surface area contributed by atoms with Gasteiger partial charge in [-0.2, -0.15) is 0 Å². The first-order valence-electron chi connectivity index (χ1n) is 6.89. The third-order valence-electron chi connectivity index (χ3n) is 3.60. The maximum Gasteiger partial charge on any atom is 0.238 e. The maximum atomic E-state index is 12.0. The quantitative estimate of drug-likeness (QED) is 0.898. The molecule has 0 unspecified atom stereocenters. The molecule has 1 aromatic rings. The summed E-state index contributed by atoms with van der Waals surface area (Å²) in [7, 11) is 0. The standard InChI is InChI=1S/C15H21N3O2/c1-12-5-3-4-6-14(12)16-15(20)11-17-7-9-18(10-8-17)13(2)19/h3-6H,7-11H2,1-2H3,(H,16,20). The Labute approximate surface area is 119 Å². The minimum atomic E-state index is -0.00410. The van der Waals surface area contributed by atoms with E-state index < -0.39 is 0 Å². The number of aryl methyl sites for hydroxylation is 1. The van der Waals surface area contributed by atoms with E-state index in [9.17, 15) is 9.59 Å². The van der Waals surface area contributed by atoms with Crippen molar-refractivity contribution in [1.29, 1.82) is 0 Å². The smallest absolute Gasteiger partial charge is 0.238 e. The molecule has 0 aliphatic carbocycles. The lowest BCUT2D eigenvalue weighted by Crippen LogP contribution is -2.49. The van der Waals surface area contributed by atoms with E-state index in [0.29, 0.717) is 19.6 Å². The highest BCUT2D eigenvalue weighted by atomic mass is 16.2. The van der Waals surface area contributed by atoms with Gasteiger partial charge in [0, 0.05) is 38.8 Å². The predicted molar refractivity (Wildman–Crippen MR) is 78.5 cm³/mol. The molecule has 1 heterocycles. The van der Waals surface area contributed by atoms with Gasteiger partial charge in [0.2, 0.25) is 11.8 Å². The number of hydrogen-bond acceptors (Lipinski definition) is 3. The first-order valence-corrected chi connectivity index (χ1v) is 6.89. The van der Waals surface area contributed by atoms with Crippen LogP contribution >= 0.6 is 0 Å². The minimum Gasteiger partial charge on any atom is -0.340 e. The minimum absolute atomic E-state index is 0.00410. The largest absolute Gasteiger partial charge is 0.340 e. The Morgan fingerprint density at radius 2 is 1.80 bits per heavy atom. The number of nitrogens with one attached hydrogen (secondary N) is 1. The SMILES string of the molecule is CC(=O)N1CCN(CC(=O)Nc2ccccc2C)CC1. The number of carbonyl (C=O) groups excluding carboxylic acids is 2. The van der Waals surface area contributed by atoms with Gasteiger partial charge in [-0.05, 0) is 18.6 Å². The molecule has 1 fully saturated rings. The molecule has 5 nitrogen and oxygen atoms in total. The number of nitrogens with zero attached hydrogens (tertiary/aromatic N) is 2. The Morgan fingerprint density at radius 1 is 1.15 bits per heavy atom. The summed E-state index contributed by atoms with van der Waals surface area (Å²) in [5.74, 6) is 0.101. The fourth-order valence-electron chi connectivity index (χ4n) is 2.33. The number of anilines is 1. The number of piperazine rings is 1. The van der Waals surface area contributed by atoms with E-state index in [1.54, 1.807) is 6.92 Å². The van der Waals surface area contributed by atoms with Crippen LogP contribution in [-0.4, -0.2) is 54.3 Å². The highest BCUT2D eigenvalue weighted by Crippen LogP contribution is 2.13. The number of rotatable bonds is 3. The summed E-state index contributed by atoms with van der Waals surface area (Å²) in [6, 6.07) is 7.74. The van der Waals surface area contributed by atoms with E-state index >= 15 is 0 Å². The van der Waals surface area contributed by atoms with Crippen molar-refractivity contribution in [2.75, 3.05) is 38.0 Å². The van der Waals surface area contributed by atoms with Crippen LogP contribution in [0.15, 0.2) is 24.3 Å². The predicted octanol–water partition coefficient (Wildman–Crippen LogP) is 1.10. The van der Waals surface area contributed by atoms with Crippen molar-refractivity contribution in [3.63, 3.8) is 0 Å². The topological polar surface area (TPSA) is 52.7 Å². The number of para-hydroxylation sites is 1. The van der Waals surface area contributed by atoms with Crippen molar-refractivity contribution in [2.45, 2.75) is 13.8 Å². The average molecular weight is 275 g/mol. The molecule has 1 aromatic carbocycles. The molecule has 1 saturated heterocycles. The lowest BCUT2D eigenvalue weighted by Gasteiger charge is -2.33. The summed E-state index contributed by atoms with van der Waals surface area (Å²) < 4.78 is 0. The van der Waals surface area contributed by atoms with Crippen molar-refractivity contribution in [2.24, 2.45) is 0 Å². The highest BCUT2D eigenvalue weighted by molar-refractivity contribution is 5.92. The van der Waals surface area contributed by atoms with Gasteiger partial charge in [0.1, 0.15) is 0 Å². The maximum absolute atomic E-state index is 12.0. The van der Waals surface area contributed by atoms with Crippen molar-refractivity contribution in [3.8, 4) is 0 Å². The third kappa shape index (κ3) is 3.81. The Bertz CT molecular complexity index is 494. The molecule has 0 radical (unpaired) electrons. The summed E-state index contributed by atoms with van der Waals surface area (Å²) in [6.07, 6.45) is 0. The van der Waals surface area contributed by atoms with Crippen molar-refractivity contribution >= 4 is 17.5 Å². The van der Waals surface area contributed by atoms with Crippen molar-refractivity contribution < 1.29 is 9.59 Å². The first kappa shape index (κ1) is 14.5. The molecule has 1 aliphatic rings. The Hall–Kier alpha value is -1.88. The van der Waals surface area contributed by atoms with Crippen LogP contribution in [-0.2, 0) is 9.59 Å². The third-order valence-corrected chi connectivity index (χ3v) is 3.60. The van der Waals surface area contributed by atoms with Crippen LogP contribution in [0.3, 0.4) is 0 Å². The van der Waals surface area contributed by atoms with Gasteiger partial charge >= 0.3 is 0 Å². The summed E-state index contributed by atoms with van der Waals surface area (Å²) in [5, 5.41) is 2.93. The fourth-order valence-corrected chi connectivity index (χ4v) is 2.33. The molecule has 1 N–H and O–H groups in total. The van der Waals surface area contributed by atoms with Crippen LogP contribution in [0.25, 0.3) is 0 Å². The fraction of sp³-hybridized carbons (Fsp3) is 0.467. The van der Waals surface area contributed by atoms with E-state index in [1.807, 2.05) is 36.1 Å². The summed E-state index contributed by atoms with van der Waals surface area (Å²) in [6.45, 7) is 6.84. The number of hydrogen-bond donors (Lipinski definition) is 1. The van der Waals surface area contributed by atoms with Gasteiger partial charge < -0.3 is 10.2 Å². The van der Waals surface area contributed by atoms with Crippen LogP contribution in [0.4, 0.5) is 5.69 Å². The van der Waals surface area contributed by atoms with Crippen LogP contribution < -0.4 is 5.32 Å². The van der Waals surface area contributed by atoms with Gasteiger partial charge in [-0.1, -0.05) is 18.2 Å². The van der Waals surface area contributed by atoms with E-state index in [1.165, 1.54) is 0 Å². The van der Waals surface area contributed by atoms with Gasteiger partial charge in [0.25, 0.3) is 0 Å². The molecule has 108 valence electrons. The van der Waals surface area contributed by atoms with Crippen LogP contribution in [0.1, 0.15) is 12.5 Å². The molecule has 20 heavy (non-hydrogen) atoms. The second-order valence-electron chi connectivity index (χ2n) is 5.15.